The summed E-state index contributed by atoms with van der Waals surface area (Å²) in [5, 5.41) is 0. The SMILES string of the molecule is CC(C)CC(C(=O)OCC(C)(C)C)C(CC(C)C)C(=O)OCC(C)(C)C. The molecule has 154 valence electrons. The predicted molar refractivity (Wildman–Crippen MR) is 107 cm³/mol. The molecule has 0 aromatic carbocycles. The molecule has 2 atom stereocenters. The molecule has 0 spiro atoms. The summed E-state index contributed by atoms with van der Waals surface area (Å²) in [5.74, 6) is -0.849. The second-order valence-corrected chi connectivity index (χ2v) is 10.8. The Balaban J connectivity index is 5.38. The van der Waals surface area contributed by atoms with Gasteiger partial charge in [0.05, 0.1) is 25.0 Å². The third-order valence-corrected chi connectivity index (χ3v) is 3.84. The van der Waals surface area contributed by atoms with Gasteiger partial charge < -0.3 is 9.47 Å². The summed E-state index contributed by atoms with van der Waals surface area (Å²) >= 11 is 0. The molecular formula is C22H42O4. The van der Waals surface area contributed by atoms with Gasteiger partial charge >= 0.3 is 11.9 Å². The molecule has 0 fully saturated rings. The van der Waals surface area contributed by atoms with Gasteiger partial charge in [0.15, 0.2) is 0 Å². The molecule has 0 saturated heterocycles. The van der Waals surface area contributed by atoms with Crippen LogP contribution < -0.4 is 0 Å². The van der Waals surface area contributed by atoms with Gasteiger partial charge in [0, 0.05) is 0 Å². The molecule has 0 radical (unpaired) electrons. The van der Waals surface area contributed by atoms with Crippen LogP contribution in [0.5, 0.6) is 0 Å². The largest absolute Gasteiger partial charge is 0.465 e. The molecular weight excluding hydrogens is 328 g/mol. The molecule has 0 N–H and O–H groups in total. The zero-order valence-corrected chi connectivity index (χ0v) is 18.8. The molecule has 4 heteroatoms. The van der Waals surface area contributed by atoms with Crippen molar-refractivity contribution in [2.24, 2.45) is 34.5 Å². The van der Waals surface area contributed by atoms with Gasteiger partial charge in [-0.05, 0) is 35.5 Å². The fourth-order valence-electron chi connectivity index (χ4n) is 2.65. The van der Waals surface area contributed by atoms with Gasteiger partial charge in [-0.3, -0.25) is 9.59 Å². The van der Waals surface area contributed by atoms with Gasteiger partial charge in [0.1, 0.15) is 0 Å². The van der Waals surface area contributed by atoms with Crippen molar-refractivity contribution < 1.29 is 19.1 Å². The van der Waals surface area contributed by atoms with E-state index in [0.717, 1.165) is 0 Å². The first kappa shape index (κ1) is 24.9. The Bertz CT molecular complexity index is 396. The van der Waals surface area contributed by atoms with Gasteiger partial charge in [-0.25, -0.2) is 0 Å². The highest BCUT2D eigenvalue weighted by atomic mass is 16.5. The molecule has 0 aliphatic carbocycles. The van der Waals surface area contributed by atoms with Crippen LogP contribution in [0.4, 0.5) is 0 Å². The fraction of sp³-hybridized carbons (Fsp3) is 0.909. The van der Waals surface area contributed by atoms with E-state index in [2.05, 4.69) is 27.7 Å². The monoisotopic (exact) mass is 370 g/mol. The molecule has 26 heavy (non-hydrogen) atoms. The van der Waals surface area contributed by atoms with Gasteiger partial charge in [-0.15, -0.1) is 0 Å². The molecule has 2 unspecified atom stereocenters. The molecule has 0 rings (SSSR count). The van der Waals surface area contributed by atoms with E-state index in [0.29, 0.717) is 37.9 Å². The minimum atomic E-state index is -0.452. The van der Waals surface area contributed by atoms with Crippen LogP contribution in [0.1, 0.15) is 82.1 Å². The second kappa shape index (κ2) is 10.3. The standard InChI is InChI=1S/C22H42O4/c1-15(2)11-17(19(23)25-13-21(5,6)7)18(12-16(3)4)20(24)26-14-22(8,9)10/h15-18H,11-14H2,1-10H3. The van der Waals surface area contributed by atoms with Crippen molar-refractivity contribution in [2.75, 3.05) is 13.2 Å². The lowest BCUT2D eigenvalue weighted by atomic mass is 9.80. The topological polar surface area (TPSA) is 52.6 Å². The van der Waals surface area contributed by atoms with Gasteiger partial charge in [-0.2, -0.15) is 0 Å². The quantitative estimate of drug-likeness (QED) is 0.504. The summed E-state index contributed by atoms with van der Waals surface area (Å²) in [5.41, 5.74) is -0.198. The van der Waals surface area contributed by atoms with E-state index in [9.17, 15) is 9.59 Å². The highest BCUT2D eigenvalue weighted by Crippen LogP contribution is 2.30. The molecule has 0 saturated carbocycles. The van der Waals surface area contributed by atoms with Crippen molar-refractivity contribution in [2.45, 2.75) is 82.1 Å². The zero-order valence-electron chi connectivity index (χ0n) is 18.8. The van der Waals surface area contributed by atoms with Crippen LogP contribution in [0.15, 0.2) is 0 Å². The van der Waals surface area contributed by atoms with E-state index in [4.69, 9.17) is 9.47 Å². The van der Waals surface area contributed by atoms with Crippen LogP contribution in [-0.4, -0.2) is 25.2 Å². The molecule has 4 nitrogen and oxygen atoms in total. The molecule has 0 aliphatic rings. The van der Waals surface area contributed by atoms with E-state index in [1.165, 1.54) is 0 Å². The maximum atomic E-state index is 12.8. The van der Waals surface area contributed by atoms with Crippen LogP contribution in [0.3, 0.4) is 0 Å². The summed E-state index contributed by atoms with van der Waals surface area (Å²) in [4.78, 5) is 25.6. The van der Waals surface area contributed by atoms with Crippen LogP contribution in [0.25, 0.3) is 0 Å². The average molecular weight is 371 g/mol. The van der Waals surface area contributed by atoms with Crippen LogP contribution in [-0.2, 0) is 19.1 Å². The van der Waals surface area contributed by atoms with Crippen molar-refractivity contribution >= 4 is 11.9 Å². The summed E-state index contributed by atoms with van der Waals surface area (Å²) in [7, 11) is 0. The molecule has 0 aromatic heterocycles. The van der Waals surface area contributed by atoms with Crippen LogP contribution >= 0.6 is 0 Å². The van der Waals surface area contributed by atoms with Crippen LogP contribution in [0, 0.1) is 34.5 Å². The van der Waals surface area contributed by atoms with E-state index in [1.807, 2.05) is 41.5 Å². The number of hydrogen-bond acceptors (Lipinski definition) is 4. The summed E-state index contributed by atoms with van der Waals surface area (Å²) < 4.78 is 11.2. The first-order valence-corrected chi connectivity index (χ1v) is 9.95. The minimum absolute atomic E-state index is 0.0989. The number of hydrogen-bond donors (Lipinski definition) is 0. The number of carbonyl (C=O) groups excluding carboxylic acids is 2. The first-order valence-electron chi connectivity index (χ1n) is 9.95. The number of carbonyl (C=O) groups is 2. The van der Waals surface area contributed by atoms with Gasteiger partial charge in [0.2, 0.25) is 0 Å². The smallest absolute Gasteiger partial charge is 0.309 e. The summed E-state index contributed by atoms with van der Waals surface area (Å²) in [6.07, 6.45) is 1.26. The van der Waals surface area contributed by atoms with E-state index >= 15 is 0 Å². The first-order chi connectivity index (χ1) is 11.6. The van der Waals surface area contributed by atoms with E-state index in [-0.39, 0.29) is 22.8 Å². The summed E-state index contributed by atoms with van der Waals surface area (Å²) in [6, 6.07) is 0. The molecule has 0 heterocycles. The maximum absolute atomic E-state index is 12.8. The normalized spacial score (nSPS) is 15.1. The maximum Gasteiger partial charge on any atom is 0.309 e. The summed E-state index contributed by atoms with van der Waals surface area (Å²) in [6.45, 7) is 21.1. The van der Waals surface area contributed by atoms with Gasteiger partial charge in [0.25, 0.3) is 0 Å². The number of ether oxygens (including phenoxy) is 2. The predicted octanol–water partition coefficient (Wildman–Crippen LogP) is 5.49. The van der Waals surface area contributed by atoms with Crippen molar-refractivity contribution in [1.29, 1.82) is 0 Å². The zero-order chi connectivity index (χ0) is 20.7. The Morgan fingerprint density at radius 1 is 0.654 bits per heavy atom. The lowest BCUT2D eigenvalue weighted by molar-refractivity contribution is -0.165. The molecule has 0 aromatic rings. The third kappa shape index (κ3) is 11.5. The molecule has 0 aliphatic heterocycles. The van der Waals surface area contributed by atoms with Crippen LogP contribution in [0.2, 0.25) is 0 Å². The molecule has 0 bridgehead atoms. The molecule has 0 amide bonds. The minimum Gasteiger partial charge on any atom is -0.465 e. The number of rotatable bonds is 9. The highest BCUT2D eigenvalue weighted by Gasteiger charge is 2.37. The average Bonchev–Trinajstić information content (AvgIpc) is 2.43. The lowest BCUT2D eigenvalue weighted by Gasteiger charge is -2.29. The highest BCUT2D eigenvalue weighted by molar-refractivity contribution is 5.82. The Labute approximate surface area is 161 Å². The number of esters is 2. The van der Waals surface area contributed by atoms with Crippen molar-refractivity contribution in [3.05, 3.63) is 0 Å². The van der Waals surface area contributed by atoms with Crippen molar-refractivity contribution in [3.8, 4) is 0 Å². The Morgan fingerprint density at radius 2 is 0.923 bits per heavy atom. The van der Waals surface area contributed by atoms with E-state index in [1.54, 1.807) is 0 Å². The second-order valence-electron chi connectivity index (χ2n) is 10.8. The lowest BCUT2D eigenvalue weighted by Crippen LogP contribution is -2.36. The Kier molecular flexibility index (Phi) is 9.90. The van der Waals surface area contributed by atoms with Crippen molar-refractivity contribution in [1.82, 2.24) is 0 Å². The third-order valence-electron chi connectivity index (χ3n) is 3.84. The van der Waals surface area contributed by atoms with Gasteiger partial charge in [-0.1, -0.05) is 69.2 Å². The Hall–Kier alpha value is -1.06. The van der Waals surface area contributed by atoms with Crippen molar-refractivity contribution in [3.63, 3.8) is 0 Å². The Morgan fingerprint density at radius 3 is 1.12 bits per heavy atom. The van der Waals surface area contributed by atoms with E-state index < -0.39 is 11.8 Å². The fourth-order valence-corrected chi connectivity index (χ4v) is 2.65.